The zero-order chi connectivity index (χ0) is 18.9. The predicted molar refractivity (Wildman–Crippen MR) is 98.3 cm³/mol. The van der Waals surface area contributed by atoms with Crippen molar-refractivity contribution in [2.24, 2.45) is 4.99 Å². The van der Waals surface area contributed by atoms with Crippen molar-refractivity contribution in [2.75, 3.05) is 33.7 Å². The van der Waals surface area contributed by atoms with Crippen LogP contribution in [0.4, 0.5) is 9.18 Å². The number of amides is 1. The average Bonchev–Trinajstić information content (AvgIpc) is 2.51. The molecular formula is C18H29FN4O2. The molecule has 7 heteroatoms. The van der Waals surface area contributed by atoms with Gasteiger partial charge in [-0.25, -0.2) is 9.18 Å². The number of halogens is 1. The fourth-order valence-electron chi connectivity index (χ4n) is 2.01. The second kappa shape index (κ2) is 9.86. The van der Waals surface area contributed by atoms with Crippen LogP contribution in [-0.4, -0.2) is 56.3 Å². The summed E-state index contributed by atoms with van der Waals surface area (Å²) in [6.45, 7) is 7.16. The van der Waals surface area contributed by atoms with E-state index in [0.717, 1.165) is 5.56 Å². The van der Waals surface area contributed by atoms with Gasteiger partial charge in [0, 0.05) is 33.7 Å². The second-order valence-corrected chi connectivity index (χ2v) is 6.71. The Hall–Kier alpha value is -2.31. The molecule has 1 aromatic carbocycles. The smallest absolute Gasteiger partial charge is 0.410 e. The summed E-state index contributed by atoms with van der Waals surface area (Å²) >= 11 is 0. The molecule has 0 aromatic heterocycles. The lowest BCUT2D eigenvalue weighted by atomic mass is 10.1. The fraction of sp³-hybridized carbons (Fsp3) is 0.556. The Morgan fingerprint density at radius 2 is 1.96 bits per heavy atom. The summed E-state index contributed by atoms with van der Waals surface area (Å²) in [5.41, 5.74) is 0.417. The highest BCUT2D eigenvalue weighted by Crippen LogP contribution is 2.08. The Labute approximate surface area is 149 Å². The maximum absolute atomic E-state index is 13.1. The lowest BCUT2D eigenvalue weighted by Crippen LogP contribution is -2.43. The van der Waals surface area contributed by atoms with Crippen LogP contribution in [0.15, 0.2) is 29.3 Å². The van der Waals surface area contributed by atoms with Crippen LogP contribution in [0.25, 0.3) is 0 Å². The molecule has 1 rings (SSSR count). The van der Waals surface area contributed by atoms with Crippen molar-refractivity contribution < 1.29 is 13.9 Å². The van der Waals surface area contributed by atoms with Gasteiger partial charge < -0.3 is 20.3 Å². The van der Waals surface area contributed by atoms with Crippen LogP contribution in [0.5, 0.6) is 0 Å². The van der Waals surface area contributed by atoms with Gasteiger partial charge in [-0.05, 0) is 44.9 Å². The number of nitrogens with zero attached hydrogens (tertiary/aromatic N) is 2. The van der Waals surface area contributed by atoms with Crippen LogP contribution in [0, 0.1) is 5.82 Å². The number of carbonyl (C=O) groups excluding carboxylic acids is 1. The van der Waals surface area contributed by atoms with Crippen molar-refractivity contribution in [3.63, 3.8) is 0 Å². The second-order valence-electron chi connectivity index (χ2n) is 6.71. The first-order chi connectivity index (χ1) is 11.7. The molecule has 0 aliphatic heterocycles. The number of likely N-dealkylation sites (N-methyl/N-ethyl adjacent to an activating group) is 1. The standard InChI is InChI=1S/C18H29FN4O2/c1-18(2,3)25-17(24)23(5)12-11-22-16(20-4)21-10-9-14-7-6-8-15(19)13-14/h6-8,13H,9-12H2,1-5H3,(H2,20,21,22). The largest absolute Gasteiger partial charge is 0.444 e. The van der Waals surface area contributed by atoms with Gasteiger partial charge in [0.15, 0.2) is 5.96 Å². The Morgan fingerprint density at radius 1 is 1.28 bits per heavy atom. The van der Waals surface area contributed by atoms with E-state index < -0.39 is 5.60 Å². The topological polar surface area (TPSA) is 66.0 Å². The molecule has 0 aliphatic rings. The van der Waals surface area contributed by atoms with E-state index in [1.165, 1.54) is 17.0 Å². The predicted octanol–water partition coefficient (Wildman–Crippen LogP) is 2.40. The molecule has 25 heavy (non-hydrogen) atoms. The van der Waals surface area contributed by atoms with Crippen LogP contribution in [0.3, 0.4) is 0 Å². The molecule has 1 amide bonds. The van der Waals surface area contributed by atoms with Crippen molar-refractivity contribution >= 4 is 12.1 Å². The summed E-state index contributed by atoms with van der Waals surface area (Å²) in [4.78, 5) is 17.5. The lowest BCUT2D eigenvalue weighted by Gasteiger charge is -2.24. The normalized spacial score (nSPS) is 11.8. The zero-order valence-electron chi connectivity index (χ0n) is 15.7. The highest BCUT2D eigenvalue weighted by atomic mass is 19.1. The van der Waals surface area contributed by atoms with Gasteiger partial charge in [0.05, 0.1) is 0 Å². The van der Waals surface area contributed by atoms with Gasteiger partial charge in [0.2, 0.25) is 0 Å². The third kappa shape index (κ3) is 8.93. The maximum atomic E-state index is 13.1. The summed E-state index contributed by atoms with van der Waals surface area (Å²) in [5, 5.41) is 6.29. The number of ether oxygens (including phenoxy) is 1. The van der Waals surface area contributed by atoms with Crippen molar-refractivity contribution in [1.82, 2.24) is 15.5 Å². The lowest BCUT2D eigenvalue weighted by molar-refractivity contribution is 0.0302. The quantitative estimate of drug-likeness (QED) is 0.609. The van der Waals surface area contributed by atoms with Crippen molar-refractivity contribution in [2.45, 2.75) is 32.8 Å². The third-order valence-corrected chi connectivity index (χ3v) is 3.26. The molecule has 0 radical (unpaired) electrons. The molecule has 0 saturated carbocycles. The van der Waals surface area contributed by atoms with Gasteiger partial charge in [-0.15, -0.1) is 0 Å². The molecule has 140 valence electrons. The molecule has 0 bridgehead atoms. The summed E-state index contributed by atoms with van der Waals surface area (Å²) in [6.07, 6.45) is 0.333. The summed E-state index contributed by atoms with van der Waals surface area (Å²) in [7, 11) is 3.37. The molecule has 0 aliphatic carbocycles. The Morgan fingerprint density at radius 3 is 2.56 bits per heavy atom. The van der Waals surface area contributed by atoms with E-state index in [4.69, 9.17) is 4.74 Å². The van der Waals surface area contributed by atoms with Crippen LogP contribution < -0.4 is 10.6 Å². The number of guanidine groups is 1. The van der Waals surface area contributed by atoms with Crippen molar-refractivity contribution in [3.8, 4) is 0 Å². The number of aliphatic imine (C=N–C) groups is 1. The maximum Gasteiger partial charge on any atom is 0.410 e. The van der Waals surface area contributed by atoms with Gasteiger partial charge in [0.25, 0.3) is 0 Å². The number of hydrogen-bond acceptors (Lipinski definition) is 3. The van der Waals surface area contributed by atoms with Gasteiger partial charge in [-0.3, -0.25) is 4.99 Å². The number of benzene rings is 1. The van der Waals surface area contributed by atoms with E-state index >= 15 is 0 Å². The van der Waals surface area contributed by atoms with E-state index in [9.17, 15) is 9.18 Å². The number of rotatable bonds is 6. The first kappa shape index (κ1) is 20.7. The highest BCUT2D eigenvalue weighted by molar-refractivity contribution is 5.79. The molecule has 0 heterocycles. The summed E-state index contributed by atoms with van der Waals surface area (Å²) in [6, 6.07) is 6.53. The third-order valence-electron chi connectivity index (χ3n) is 3.26. The SMILES string of the molecule is CN=C(NCCc1cccc(F)c1)NCCN(C)C(=O)OC(C)(C)C. The van der Waals surface area contributed by atoms with Crippen molar-refractivity contribution in [3.05, 3.63) is 35.6 Å². The average molecular weight is 352 g/mol. The summed E-state index contributed by atoms with van der Waals surface area (Å²) < 4.78 is 18.4. The molecule has 0 unspecified atom stereocenters. The van der Waals surface area contributed by atoms with E-state index in [2.05, 4.69) is 15.6 Å². The van der Waals surface area contributed by atoms with Gasteiger partial charge >= 0.3 is 6.09 Å². The molecule has 0 atom stereocenters. The van der Waals surface area contributed by atoms with Crippen LogP contribution in [-0.2, 0) is 11.2 Å². The van der Waals surface area contributed by atoms with Crippen LogP contribution >= 0.6 is 0 Å². The zero-order valence-corrected chi connectivity index (χ0v) is 15.7. The molecule has 0 fully saturated rings. The van der Waals surface area contributed by atoms with E-state index in [0.29, 0.717) is 32.0 Å². The minimum Gasteiger partial charge on any atom is -0.444 e. The molecule has 0 spiro atoms. The Kier molecular flexibility index (Phi) is 8.18. The molecule has 0 saturated heterocycles. The van der Waals surface area contributed by atoms with Crippen LogP contribution in [0.2, 0.25) is 0 Å². The first-order valence-corrected chi connectivity index (χ1v) is 8.34. The van der Waals surface area contributed by atoms with Gasteiger partial charge in [-0.1, -0.05) is 12.1 Å². The first-order valence-electron chi connectivity index (χ1n) is 8.34. The van der Waals surface area contributed by atoms with E-state index in [1.54, 1.807) is 20.2 Å². The molecular weight excluding hydrogens is 323 g/mol. The van der Waals surface area contributed by atoms with Crippen LogP contribution in [0.1, 0.15) is 26.3 Å². The highest BCUT2D eigenvalue weighted by Gasteiger charge is 2.19. The minimum atomic E-state index is -0.507. The van der Waals surface area contributed by atoms with E-state index in [-0.39, 0.29) is 11.9 Å². The Balaban J connectivity index is 2.29. The molecule has 2 N–H and O–H groups in total. The van der Waals surface area contributed by atoms with Gasteiger partial charge in [-0.2, -0.15) is 0 Å². The number of hydrogen-bond donors (Lipinski definition) is 2. The minimum absolute atomic E-state index is 0.231. The fourth-order valence-corrected chi connectivity index (χ4v) is 2.01. The molecule has 6 nitrogen and oxygen atoms in total. The Bertz CT molecular complexity index is 585. The number of carbonyl (C=O) groups is 1. The molecule has 1 aromatic rings. The van der Waals surface area contributed by atoms with E-state index in [1.807, 2.05) is 26.8 Å². The monoisotopic (exact) mass is 352 g/mol. The van der Waals surface area contributed by atoms with Crippen molar-refractivity contribution in [1.29, 1.82) is 0 Å². The number of nitrogens with one attached hydrogen (secondary N) is 2. The van der Waals surface area contributed by atoms with Gasteiger partial charge in [0.1, 0.15) is 11.4 Å². The summed E-state index contributed by atoms with van der Waals surface area (Å²) in [5.74, 6) is 0.402.